The summed E-state index contributed by atoms with van der Waals surface area (Å²) in [7, 11) is -0.835. The van der Waals surface area contributed by atoms with Gasteiger partial charge in [-0.15, -0.1) is 0 Å². The molecule has 2 aromatic rings. The molecule has 28 heavy (non-hydrogen) atoms. The van der Waals surface area contributed by atoms with Crippen LogP contribution in [0.3, 0.4) is 0 Å². The molecule has 1 saturated heterocycles. The van der Waals surface area contributed by atoms with E-state index in [1.807, 2.05) is 19.1 Å². The molecule has 0 radical (unpaired) electrons. The first-order chi connectivity index (χ1) is 13.4. The maximum absolute atomic E-state index is 12.9. The van der Waals surface area contributed by atoms with Gasteiger partial charge in [0, 0.05) is 6.54 Å². The Labute approximate surface area is 164 Å². The van der Waals surface area contributed by atoms with Crippen LogP contribution in [0.25, 0.3) is 0 Å². The van der Waals surface area contributed by atoms with E-state index in [2.05, 4.69) is 0 Å². The van der Waals surface area contributed by atoms with Gasteiger partial charge in [0.25, 0.3) is 0 Å². The highest BCUT2D eigenvalue weighted by Gasteiger charge is 2.47. The molecular formula is C20H23NO6S. The molecule has 0 aliphatic carbocycles. The van der Waals surface area contributed by atoms with Crippen molar-refractivity contribution in [2.45, 2.75) is 18.8 Å². The Balaban J connectivity index is 2.02. The minimum absolute atomic E-state index is 0.149. The van der Waals surface area contributed by atoms with E-state index in [1.165, 1.54) is 19.1 Å². The molecule has 1 fully saturated rings. The van der Waals surface area contributed by atoms with Crippen LogP contribution in [-0.2, 0) is 21.2 Å². The third-order valence-corrected chi connectivity index (χ3v) is 6.39. The van der Waals surface area contributed by atoms with Crippen molar-refractivity contribution in [2.75, 3.05) is 26.6 Å². The van der Waals surface area contributed by atoms with Crippen molar-refractivity contribution in [3.63, 3.8) is 0 Å². The van der Waals surface area contributed by atoms with Crippen molar-refractivity contribution in [1.29, 1.82) is 0 Å². The van der Waals surface area contributed by atoms with Crippen molar-refractivity contribution in [3.05, 3.63) is 53.6 Å². The van der Waals surface area contributed by atoms with E-state index in [4.69, 9.17) is 14.2 Å². The van der Waals surface area contributed by atoms with Gasteiger partial charge in [-0.05, 0) is 36.8 Å². The van der Waals surface area contributed by atoms with E-state index in [0.717, 1.165) is 11.3 Å². The third kappa shape index (κ3) is 3.77. The first-order valence-electron chi connectivity index (χ1n) is 8.85. The molecule has 3 rings (SSSR count). The molecule has 0 aromatic heterocycles. The van der Waals surface area contributed by atoms with Gasteiger partial charge in [0.05, 0.1) is 26.4 Å². The Morgan fingerprint density at radius 1 is 1.04 bits per heavy atom. The molecule has 0 spiro atoms. The highest BCUT2D eigenvalue weighted by atomic mass is 32.2. The van der Waals surface area contributed by atoms with Crippen molar-refractivity contribution >= 4 is 15.7 Å². The number of hydrogen-bond acceptors (Lipinski definition) is 6. The summed E-state index contributed by atoms with van der Waals surface area (Å²) < 4.78 is 41.9. The maximum Gasteiger partial charge on any atom is 0.239 e. The number of hydrogen-bond donors (Lipinski definition) is 0. The molecule has 1 unspecified atom stereocenters. The average Bonchev–Trinajstić information content (AvgIpc) is 2.90. The molecule has 0 bridgehead atoms. The van der Waals surface area contributed by atoms with Gasteiger partial charge in [0.1, 0.15) is 23.0 Å². The molecule has 1 heterocycles. The summed E-state index contributed by atoms with van der Waals surface area (Å²) in [6.45, 7) is 2.60. The van der Waals surface area contributed by atoms with Crippen molar-refractivity contribution in [2.24, 2.45) is 0 Å². The fourth-order valence-corrected chi connectivity index (χ4v) is 5.18. The summed E-state index contributed by atoms with van der Waals surface area (Å²) in [4.78, 5) is 13.9. The first kappa shape index (κ1) is 20.0. The van der Waals surface area contributed by atoms with Gasteiger partial charge in [0.2, 0.25) is 5.91 Å². The molecule has 1 aliphatic heterocycles. The summed E-state index contributed by atoms with van der Waals surface area (Å²) in [5, 5.41) is -1.17. The molecule has 1 amide bonds. The van der Waals surface area contributed by atoms with Gasteiger partial charge in [0.15, 0.2) is 15.2 Å². The van der Waals surface area contributed by atoms with Crippen molar-refractivity contribution in [3.8, 4) is 17.2 Å². The largest absolute Gasteiger partial charge is 0.496 e. The zero-order chi connectivity index (χ0) is 20.3. The van der Waals surface area contributed by atoms with E-state index < -0.39 is 26.9 Å². The van der Waals surface area contributed by atoms with Gasteiger partial charge >= 0.3 is 0 Å². The fraction of sp³-hybridized carbons (Fsp3) is 0.350. The molecule has 0 N–H and O–H groups in total. The lowest BCUT2D eigenvalue weighted by Crippen LogP contribution is -2.29. The molecular weight excluding hydrogens is 382 g/mol. The number of ether oxygens (including phenoxy) is 3. The second kappa shape index (κ2) is 8.10. The number of methoxy groups -OCH3 is 2. The molecule has 1 atom stereocenters. The summed E-state index contributed by atoms with van der Waals surface area (Å²) >= 11 is 0. The first-order valence-corrected chi connectivity index (χ1v) is 10.6. The second-order valence-electron chi connectivity index (χ2n) is 6.33. The summed E-state index contributed by atoms with van der Waals surface area (Å²) in [6, 6.07) is 12.3. The minimum atomic E-state index is -3.75. The monoisotopic (exact) mass is 405 g/mol. The van der Waals surface area contributed by atoms with E-state index in [0.29, 0.717) is 23.7 Å². The number of carbonyl (C=O) groups excluding carboxylic acids is 1. The second-order valence-corrected chi connectivity index (χ2v) is 8.40. The quantitative estimate of drug-likeness (QED) is 0.704. The fourth-order valence-electron chi connectivity index (χ4n) is 3.34. The predicted octanol–water partition coefficient (Wildman–Crippen LogP) is 2.56. The Kier molecular flexibility index (Phi) is 5.79. The van der Waals surface area contributed by atoms with Crippen molar-refractivity contribution < 1.29 is 27.4 Å². The number of amides is 1. The SMILES string of the molecule is CCOc1ccc(CN2C(=O)CS(=O)(=O)C2c2c(OC)cccc2OC)cc1. The van der Waals surface area contributed by atoms with E-state index >= 15 is 0 Å². The number of nitrogens with zero attached hydrogens (tertiary/aromatic N) is 1. The van der Waals surface area contributed by atoms with Crippen LogP contribution in [0.4, 0.5) is 0 Å². The third-order valence-electron chi connectivity index (χ3n) is 4.57. The Hall–Kier alpha value is -2.74. The van der Waals surface area contributed by atoms with Crippen molar-refractivity contribution in [1.82, 2.24) is 4.90 Å². The Bertz CT molecular complexity index is 933. The normalized spacial score (nSPS) is 18.2. The Morgan fingerprint density at radius 3 is 2.18 bits per heavy atom. The molecule has 7 nitrogen and oxygen atoms in total. The van der Waals surface area contributed by atoms with Crippen LogP contribution in [0.5, 0.6) is 17.2 Å². The zero-order valence-electron chi connectivity index (χ0n) is 16.0. The standard InChI is InChI=1S/C20H23NO6S/c1-4-27-15-10-8-14(9-11-15)12-21-18(22)13-28(23,24)20(21)19-16(25-2)6-5-7-17(19)26-3/h5-11,20H,4,12-13H2,1-3H3. The maximum atomic E-state index is 12.9. The molecule has 150 valence electrons. The molecule has 0 saturated carbocycles. The van der Waals surface area contributed by atoms with Gasteiger partial charge in [-0.25, -0.2) is 8.42 Å². The molecule has 8 heteroatoms. The summed E-state index contributed by atoms with van der Waals surface area (Å²) in [6.07, 6.45) is 0. The van der Waals surface area contributed by atoms with Gasteiger partial charge in [-0.2, -0.15) is 0 Å². The van der Waals surface area contributed by atoms with Gasteiger partial charge in [-0.3, -0.25) is 4.79 Å². The average molecular weight is 405 g/mol. The smallest absolute Gasteiger partial charge is 0.239 e. The number of benzene rings is 2. The highest BCUT2D eigenvalue weighted by molar-refractivity contribution is 7.92. The predicted molar refractivity (Wildman–Crippen MR) is 104 cm³/mol. The van der Waals surface area contributed by atoms with E-state index in [-0.39, 0.29) is 6.54 Å². The van der Waals surface area contributed by atoms with Crippen LogP contribution in [0, 0.1) is 0 Å². The molecule has 1 aliphatic rings. The number of carbonyl (C=O) groups is 1. The van der Waals surface area contributed by atoms with Crippen LogP contribution in [0.1, 0.15) is 23.4 Å². The highest BCUT2D eigenvalue weighted by Crippen LogP contribution is 2.43. The summed E-state index contributed by atoms with van der Waals surface area (Å²) in [5.41, 5.74) is 1.14. The van der Waals surface area contributed by atoms with Crippen LogP contribution in [0.15, 0.2) is 42.5 Å². The topological polar surface area (TPSA) is 82.1 Å². The number of rotatable bonds is 7. The number of sulfone groups is 1. The lowest BCUT2D eigenvalue weighted by atomic mass is 10.1. The van der Waals surface area contributed by atoms with Crippen LogP contribution in [-0.4, -0.2) is 45.8 Å². The lowest BCUT2D eigenvalue weighted by Gasteiger charge is -2.26. The van der Waals surface area contributed by atoms with E-state index in [1.54, 1.807) is 30.3 Å². The Morgan fingerprint density at radius 2 is 1.64 bits per heavy atom. The lowest BCUT2D eigenvalue weighted by molar-refractivity contribution is -0.128. The van der Waals surface area contributed by atoms with Crippen LogP contribution in [0.2, 0.25) is 0 Å². The minimum Gasteiger partial charge on any atom is -0.496 e. The summed E-state index contributed by atoms with van der Waals surface area (Å²) in [5.74, 6) is 0.440. The van der Waals surface area contributed by atoms with Crippen LogP contribution < -0.4 is 14.2 Å². The van der Waals surface area contributed by atoms with Gasteiger partial charge in [-0.1, -0.05) is 18.2 Å². The van der Waals surface area contributed by atoms with Crippen LogP contribution >= 0.6 is 0 Å². The zero-order valence-corrected chi connectivity index (χ0v) is 16.9. The van der Waals surface area contributed by atoms with Gasteiger partial charge < -0.3 is 19.1 Å². The van der Waals surface area contributed by atoms with E-state index in [9.17, 15) is 13.2 Å². The molecule has 2 aromatic carbocycles.